The summed E-state index contributed by atoms with van der Waals surface area (Å²) in [5.41, 5.74) is 1.77. The number of aromatic nitrogens is 1. The summed E-state index contributed by atoms with van der Waals surface area (Å²) >= 11 is 0. The third kappa shape index (κ3) is 3.91. The normalized spacial score (nSPS) is 8.78. The van der Waals surface area contributed by atoms with Crippen molar-refractivity contribution in [1.29, 1.82) is 0 Å². The van der Waals surface area contributed by atoms with Crippen LogP contribution in [0.3, 0.4) is 0 Å². The van der Waals surface area contributed by atoms with Gasteiger partial charge >= 0.3 is 0 Å². The van der Waals surface area contributed by atoms with E-state index in [1.165, 1.54) is 6.07 Å². The van der Waals surface area contributed by atoms with Crippen molar-refractivity contribution in [2.24, 2.45) is 0 Å². The molecule has 0 unspecified atom stereocenters. The fourth-order valence-electron chi connectivity index (χ4n) is 1.52. The number of rotatable bonds is 1. The number of ether oxygens (including phenoxy) is 1. The summed E-state index contributed by atoms with van der Waals surface area (Å²) < 4.78 is 5.17. The molecule has 2 aromatic rings. The summed E-state index contributed by atoms with van der Waals surface area (Å²) in [6.45, 7) is 9.98. The highest BCUT2D eigenvalue weighted by Crippen LogP contribution is 2.22. The minimum Gasteiger partial charge on any atom is -0.496 e. The van der Waals surface area contributed by atoms with Crippen LogP contribution in [-0.4, -0.2) is 12.1 Å². The van der Waals surface area contributed by atoms with Crippen molar-refractivity contribution in [1.82, 2.24) is 4.98 Å². The molecule has 1 heterocycles. The Kier molecular flexibility index (Phi) is 7.52. The van der Waals surface area contributed by atoms with Gasteiger partial charge in [0.15, 0.2) is 0 Å². The number of aryl methyl sites for hydroxylation is 1. The van der Waals surface area contributed by atoms with Crippen LogP contribution in [0.15, 0.2) is 29.1 Å². The van der Waals surface area contributed by atoms with Gasteiger partial charge in [0.2, 0.25) is 5.56 Å². The highest BCUT2D eigenvalue weighted by atomic mass is 16.5. The predicted molar refractivity (Wildman–Crippen MR) is 78.6 cm³/mol. The molecule has 2 rings (SSSR count). The number of pyridine rings is 1. The van der Waals surface area contributed by atoms with Crippen molar-refractivity contribution in [3.63, 3.8) is 0 Å². The molecule has 0 amide bonds. The molecule has 18 heavy (non-hydrogen) atoms. The molecule has 3 heteroatoms. The second kappa shape index (κ2) is 8.34. The first-order valence-corrected chi connectivity index (χ1v) is 6.38. The minimum absolute atomic E-state index is 0.0941. The number of methoxy groups -OCH3 is 1. The molecule has 0 saturated heterocycles. The van der Waals surface area contributed by atoms with Crippen LogP contribution < -0.4 is 10.3 Å². The van der Waals surface area contributed by atoms with E-state index in [9.17, 15) is 4.79 Å². The Bertz CT molecular complexity index is 529. The quantitative estimate of drug-likeness (QED) is 0.833. The molecule has 0 bridgehead atoms. The van der Waals surface area contributed by atoms with E-state index in [4.69, 9.17) is 4.74 Å². The fourth-order valence-corrected chi connectivity index (χ4v) is 1.52. The first kappa shape index (κ1) is 16.2. The first-order chi connectivity index (χ1) is 8.70. The van der Waals surface area contributed by atoms with Crippen molar-refractivity contribution in [3.05, 3.63) is 40.2 Å². The lowest BCUT2D eigenvalue weighted by Gasteiger charge is -2.05. The van der Waals surface area contributed by atoms with E-state index < -0.39 is 0 Å². The lowest BCUT2D eigenvalue weighted by Crippen LogP contribution is -2.02. The van der Waals surface area contributed by atoms with Gasteiger partial charge in [0.1, 0.15) is 5.75 Å². The van der Waals surface area contributed by atoms with Gasteiger partial charge < -0.3 is 9.72 Å². The van der Waals surface area contributed by atoms with E-state index in [2.05, 4.69) is 4.98 Å². The van der Waals surface area contributed by atoms with Crippen molar-refractivity contribution in [3.8, 4) is 5.75 Å². The van der Waals surface area contributed by atoms with Gasteiger partial charge in [-0.1, -0.05) is 27.7 Å². The molecule has 100 valence electrons. The second-order valence-corrected chi connectivity index (χ2v) is 3.23. The molecule has 0 fully saturated rings. The number of hydrogen-bond donors (Lipinski definition) is 1. The molecule has 0 aliphatic carbocycles. The maximum absolute atomic E-state index is 11.1. The van der Waals surface area contributed by atoms with E-state index >= 15 is 0 Å². The van der Waals surface area contributed by atoms with Crippen LogP contribution in [0.2, 0.25) is 0 Å². The van der Waals surface area contributed by atoms with Gasteiger partial charge in [0, 0.05) is 12.1 Å². The van der Waals surface area contributed by atoms with Crippen molar-refractivity contribution in [2.75, 3.05) is 7.11 Å². The Morgan fingerprint density at radius 3 is 2.22 bits per heavy atom. The number of nitrogens with one attached hydrogen (secondary N) is 1. The van der Waals surface area contributed by atoms with Crippen molar-refractivity contribution >= 4 is 10.9 Å². The monoisotopic (exact) mass is 249 g/mol. The largest absolute Gasteiger partial charge is 0.496 e. The lowest BCUT2D eigenvalue weighted by atomic mass is 10.1. The fraction of sp³-hybridized carbons (Fsp3) is 0.400. The van der Waals surface area contributed by atoms with Crippen LogP contribution in [0.25, 0.3) is 10.9 Å². The zero-order chi connectivity index (χ0) is 14.1. The molecule has 0 aliphatic rings. The molecule has 0 atom stereocenters. The van der Waals surface area contributed by atoms with Gasteiger partial charge in [0.05, 0.1) is 12.6 Å². The van der Waals surface area contributed by atoms with Crippen LogP contribution in [-0.2, 0) is 0 Å². The van der Waals surface area contributed by atoms with E-state index in [1.807, 2.05) is 46.8 Å². The van der Waals surface area contributed by atoms with Gasteiger partial charge in [-0.3, -0.25) is 4.79 Å². The summed E-state index contributed by atoms with van der Waals surface area (Å²) in [7, 11) is 1.62. The Morgan fingerprint density at radius 2 is 1.67 bits per heavy atom. The van der Waals surface area contributed by atoms with Crippen LogP contribution in [0.4, 0.5) is 0 Å². The number of aromatic amines is 1. The van der Waals surface area contributed by atoms with E-state index in [0.717, 1.165) is 22.2 Å². The average molecular weight is 249 g/mol. The first-order valence-electron chi connectivity index (χ1n) is 6.38. The van der Waals surface area contributed by atoms with Crippen LogP contribution >= 0.6 is 0 Å². The molecule has 1 aromatic carbocycles. The van der Waals surface area contributed by atoms with Gasteiger partial charge in [-0.2, -0.15) is 0 Å². The third-order valence-corrected chi connectivity index (χ3v) is 2.24. The van der Waals surface area contributed by atoms with Gasteiger partial charge in [-0.05, 0) is 30.0 Å². The van der Waals surface area contributed by atoms with Crippen LogP contribution in [0, 0.1) is 6.92 Å². The van der Waals surface area contributed by atoms with Gasteiger partial charge in [-0.25, -0.2) is 0 Å². The van der Waals surface area contributed by atoms with Crippen molar-refractivity contribution in [2.45, 2.75) is 34.6 Å². The molecule has 0 saturated carbocycles. The second-order valence-electron chi connectivity index (χ2n) is 3.23. The average Bonchev–Trinajstić information content (AvgIpc) is 2.43. The Balaban J connectivity index is 0.000000659. The molecule has 0 spiro atoms. The summed E-state index contributed by atoms with van der Waals surface area (Å²) in [6, 6.07) is 7.16. The Labute approximate surface area is 109 Å². The van der Waals surface area contributed by atoms with Crippen LogP contribution in [0.5, 0.6) is 5.75 Å². The zero-order valence-electron chi connectivity index (χ0n) is 12.1. The lowest BCUT2D eigenvalue weighted by molar-refractivity contribution is 0.412. The molecule has 3 nitrogen and oxygen atoms in total. The summed E-state index contributed by atoms with van der Waals surface area (Å²) in [4.78, 5) is 13.8. The standard InChI is InChI=1S/C11H11NO2.2C2H6/c1-7-5-8-3-4-11(13)12-9(8)6-10(7)14-2;2*1-2/h3-6H,1-2H3,(H,12,13);2*1-2H3. The molecule has 0 aliphatic heterocycles. The summed E-state index contributed by atoms with van der Waals surface area (Å²) in [5, 5.41) is 1.02. The summed E-state index contributed by atoms with van der Waals surface area (Å²) in [5.74, 6) is 0.791. The maximum Gasteiger partial charge on any atom is 0.248 e. The maximum atomic E-state index is 11.1. The van der Waals surface area contributed by atoms with E-state index in [0.29, 0.717) is 0 Å². The highest BCUT2D eigenvalue weighted by Gasteiger charge is 2.01. The predicted octanol–water partition coefficient (Wildman–Crippen LogP) is 3.90. The topological polar surface area (TPSA) is 42.1 Å². The number of hydrogen-bond acceptors (Lipinski definition) is 2. The minimum atomic E-state index is -0.0941. The molecular formula is C15H23NO2. The number of fused-ring (bicyclic) bond motifs is 1. The number of benzene rings is 1. The third-order valence-electron chi connectivity index (χ3n) is 2.24. The summed E-state index contributed by atoms with van der Waals surface area (Å²) in [6.07, 6.45) is 0. The Morgan fingerprint density at radius 1 is 1.06 bits per heavy atom. The molecular weight excluding hydrogens is 226 g/mol. The zero-order valence-corrected chi connectivity index (χ0v) is 12.1. The van der Waals surface area contributed by atoms with Crippen molar-refractivity contribution < 1.29 is 4.74 Å². The van der Waals surface area contributed by atoms with E-state index in [1.54, 1.807) is 13.2 Å². The van der Waals surface area contributed by atoms with Gasteiger partial charge in [0.25, 0.3) is 0 Å². The number of H-pyrrole nitrogens is 1. The SMILES string of the molecule is CC.CC.COc1cc2[nH]c(=O)ccc2cc1C. The molecule has 1 aromatic heterocycles. The highest BCUT2D eigenvalue weighted by molar-refractivity contribution is 5.81. The van der Waals surface area contributed by atoms with Gasteiger partial charge in [-0.15, -0.1) is 0 Å². The molecule has 0 radical (unpaired) electrons. The van der Waals surface area contributed by atoms with Crippen LogP contribution in [0.1, 0.15) is 33.3 Å². The smallest absolute Gasteiger partial charge is 0.248 e. The van der Waals surface area contributed by atoms with E-state index in [-0.39, 0.29) is 5.56 Å². The Hall–Kier alpha value is -1.77. The molecule has 1 N–H and O–H groups in total.